The maximum atomic E-state index is 13.7. The van der Waals surface area contributed by atoms with Crippen molar-refractivity contribution in [1.29, 1.82) is 0 Å². The van der Waals surface area contributed by atoms with Crippen LogP contribution in [-0.4, -0.2) is 38.8 Å². The summed E-state index contributed by atoms with van der Waals surface area (Å²) in [6.45, 7) is 0.991. The highest BCUT2D eigenvalue weighted by Gasteiger charge is 2.27. The summed E-state index contributed by atoms with van der Waals surface area (Å²) in [4.78, 5) is 12.3. The van der Waals surface area contributed by atoms with Gasteiger partial charge in [-0.15, -0.1) is 0 Å². The molecule has 2 aromatic carbocycles. The van der Waals surface area contributed by atoms with Gasteiger partial charge in [-0.25, -0.2) is 17.2 Å². The molecule has 0 atom stereocenters. The molecule has 2 aromatic rings. The first-order valence-corrected chi connectivity index (χ1v) is 10.7. The van der Waals surface area contributed by atoms with Crippen LogP contribution in [0.3, 0.4) is 0 Å². The van der Waals surface area contributed by atoms with Gasteiger partial charge in [0.15, 0.2) is 0 Å². The van der Waals surface area contributed by atoms with Crippen LogP contribution in [0.4, 0.5) is 14.5 Å². The first kappa shape index (κ1) is 21.2. The smallest absolute Gasteiger partial charge is 0.243 e. The Bertz CT molecular complexity index is 1010. The van der Waals surface area contributed by atoms with Gasteiger partial charge in [0, 0.05) is 25.6 Å². The highest BCUT2D eigenvalue weighted by atomic mass is 32.2. The van der Waals surface area contributed by atoms with E-state index in [1.165, 1.54) is 23.5 Å². The maximum Gasteiger partial charge on any atom is 0.243 e. The van der Waals surface area contributed by atoms with Crippen molar-refractivity contribution in [2.24, 2.45) is 0 Å². The van der Waals surface area contributed by atoms with E-state index in [0.717, 1.165) is 25.0 Å². The van der Waals surface area contributed by atoms with Crippen LogP contribution in [0, 0.1) is 11.6 Å². The van der Waals surface area contributed by atoms with E-state index in [9.17, 15) is 22.0 Å². The van der Waals surface area contributed by atoms with Crippen LogP contribution in [0.2, 0.25) is 0 Å². The molecule has 156 valence electrons. The number of nitrogens with one attached hydrogen (secondary N) is 1. The summed E-state index contributed by atoms with van der Waals surface area (Å²) in [5.74, 6) is -1.62. The van der Waals surface area contributed by atoms with E-state index in [1.807, 2.05) is 0 Å². The van der Waals surface area contributed by atoms with E-state index in [4.69, 9.17) is 4.74 Å². The molecule has 0 unspecified atom stereocenters. The molecule has 0 spiro atoms. The second-order valence-corrected chi connectivity index (χ2v) is 8.70. The number of anilines is 1. The number of aryl methyl sites for hydroxylation is 1. The number of carbonyl (C=O) groups excluding carboxylic acids is 1. The Kier molecular flexibility index (Phi) is 6.49. The minimum absolute atomic E-state index is 0.0274. The Labute approximate surface area is 168 Å². The van der Waals surface area contributed by atoms with Gasteiger partial charge in [0.25, 0.3) is 0 Å². The fourth-order valence-corrected chi connectivity index (χ4v) is 4.81. The monoisotopic (exact) mass is 424 g/mol. The van der Waals surface area contributed by atoms with E-state index >= 15 is 0 Å². The highest BCUT2D eigenvalue weighted by molar-refractivity contribution is 7.89. The van der Waals surface area contributed by atoms with Crippen molar-refractivity contribution in [1.82, 2.24) is 4.31 Å². The van der Waals surface area contributed by atoms with Crippen molar-refractivity contribution in [2.45, 2.75) is 30.6 Å². The van der Waals surface area contributed by atoms with Crippen LogP contribution in [0.5, 0.6) is 5.75 Å². The molecule has 1 aliphatic rings. The number of carbonyl (C=O) groups is 1. The molecular weight excluding hydrogens is 402 g/mol. The number of methoxy groups -OCH3 is 1. The van der Waals surface area contributed by atoms with Gasteiger partial charge < -0.3 is 10.1 Å². The third-order valence-corrected chi connectivity index (χ3v) is 6.68. The van der Waals surface area contributed by atoms with Gasteiger partial charge in [-0.2, -0.15) is 4.31 Å². The van der Waals surface area contributed by atoms with Crippen molar-refractivity contribution in [3.8, 4) is 5.75 Å². The number of hydrogen-bond acceptors (Lipinski definition) is 4. The molecule has 1 saturated heterocycles. The third-order valence-electron chi connectivity index (χ3n) is 4.78. The molecule has 1 heterocycles. The van der Waals surface area contributed by atoms with Crippen LogP contribution in [0.25, 0.3) is 0 Å². The Morgan fingerprint density at radius 1 is 1.14 bits per heavy atom. The number of sulfonamides is 1. The Morgan fingerprint density at radius 3 is 2.52 bits per heavy atom. The second-order valence-electron chi connectivity index (χ2n) is 6.76. The number of nitrogens with zero attached hydrogens (tertiary/aromatic N) is 1. The van der Waals surface area contributed by atoms with Crippen LogP contribution in [-0.2, 0) is 21.2 Å². The second kappa shape index (κ2) is 8.87. The summed E-state index contributed by atoms with van der Waals surface area (Å²) in [6.07, 6.45) is 1.84. The van der Waals surface area contributed by atoms with Gasteiger partial charge in [-0.3, -0.25) is 4.79 Å². The summed E-state index contributed by atoms with van der Waals surface area (Å²) in [7, 11) is -2.13. The summed E-state index contributed by atoms with van der Waals surface area (Å²) < 4.78 is 58.9. The quantitative estimate of drug-likeness (QED) is 0.740. The van der Waals surface area contributed by atoms with Crippen molar-refractivity contribution in [2.75, 3.05) is 25.5 Å². The van der Waals surface area contributed by atoms with Crippen molar-refractivity contribution < 1.29 is 26.7 Å². The lowest BCUT2D eigenvalue weighted by Gasteiger charge is -2.17. The molecule has 0 saturated carbocycles. The van der Waals surface area contributed by atoms with Gasteiger partial charge in [-0.1, -0.05) is 0 Å². The van der Waals surface area contributed by atoms with E-state index in [-0.39, 0.29) is 23.4 Å². The van der Waals surface area contributed by atoms with Gasteiger partial charge in [-0.05, 0) is 55.2 Å². The summed E-state index contributed by atoms with van der Waals surface area (Å²) >= 11 is 0. The molecule has 3 rings (SSSR count). The Balaban J connectivity index is 1.73. The first-order valence-electron chi connectivity index (χ1n) is 9.23. The van der Waals surface area contributed by atoms with E-state index in [1.54, 1.807) is 6.07 Å². The Morgan fingerprint density at radius 2 is 1.86 bits per heavy atom. The molecule has 1 fully saturated rings. The summed E-state index contributed by atoms with van der Waals surface area (Å²) in [5, 5.41) is 2.39. The zero-order chi connectivity index (χ0) is 21.0. The fraction of sp³-hybridized carbons (Fsp3) is 0.350. The van der Waals surface area contributed by atoms with Gasteiger partial charge in [0.1, 0.15) is 17.4 Å². The first-order chi connectivity index (χ1) is 13.8. The van der Waals surface area contributed by atoms with E-state index < -0.39 is 27.6 Å². The van der Waals surface area contributed by atoms with Crippen LogP contribution >= 0.6 is 0 Å². The summed E-state index contributed by atoms with van der Waals surface area (Å²) in [6, 6.07) is 7.45. The molecule has 1 amide bonds. The lowest BCUT2D eigenvalue weighted by atomic mass is 10.1. The van der Waals surface area contributed by atoms with Crippen LogP contribution in [0.1, 0.15) is 24.8 Å². The lowest BCUT2D eigenvalue weighted by molar-refractivity contribution is -0.116. The topological polar surface area (TPSA) is 75.7 Å². The van der Waals surface area contributed by atoms with Crippen molar-refractivity contribution >= 4 is 21.6 Å². The normalized spacial score (nSPS) is 14.7. The number of hydrogen-bond donors (Lipinski definition) is 1. The molecule has 0 aliphatic carbocycles. The van der Waals surface area contributed by atoms with Gasteiger partial charge >= 0.3 is 0 Å². The number of rotatable bonds is 7. The fourth-order valence-electron chi connectivity index (χ4n) is 3.24. The number of amides is 1. The van der Waals surface area contributed by atoms with E-state index in [0.29, 0.717) is 30.5 Å². The van der Waals surface area contributed by atoms with Crippen molar-refractivity contribution in [3.63, 3.8) is 0 Å². The average molecular weight is 424 g/mol. The lowest BCUT2D eigenvalue weighted by Crippen LogP contribution is -2.28. The minimum atomic E-state index is -3.59. The molecule has 0 aromatic heterocycles. The highest BCUT2D eigenvalue weighted by Crippen LogP contribution is 2.27. The zero-order valence-corrected chi connectivity index (χ0v) is 16.8. The molecule has 0 bridgehead atoms. The van der Waals surface area contributed by atoms with Crippen LogP contribution < -0.4 is 10.1 Å². The molecule has 1 N–H and O–H groups in total. The Hall–Kier alpha value is -2.52. The number of ether oxygens (including phenoxy) is 1. The molecule has 1 aliphatic heterocycles. The molecule has 29 heavy (non-hydrogen) atoms. The predicted octanol–water partition coefficient (Wildman–Crippen LogP) is 3.33. The number of halogens is 2. The standard InChI is InChI=1S/C20H22F2N2O4S/c1-28-19-8-6-16(29(26,27)24-10-2-3-11-24)12-14(19)4-9-20(25)23-18-7-5-15(21)13-17(18)22/h5-8,12-13H,2-4,9-11H2,1H3,(H,23,25). The van der Waals surface area contributed by atoms with Gasteiger partial charge in [0.2, 0.25) is 15.9 Å². The van der Waals surface area contributed by atoms with Gasteiger partial charge in [0.05, 0.1) is 17.7 Å². The number of benzene rings is 2. The third kappa shape index (κ3) is 4.91. The molecule has 6 nitrogen and oxygen atoms in total. The SMILES string of the molecule is COc1ccc(S(=O)(=O)N2CCCC2)cc1CCC(=O)Nc1ccc(F)cc1F. The molecule has 0 radical (unpaired) electrons. The minimum Gasteiger partial charge on any atom is -0.496 e. The maximum absolute atomic E-state index is 13.7. The largest absolute Gasteiger partial charge is 0.496 e. The average Bonchev–Trinajstić information content (AvgIpc) is 3.24. The van der Waals surface area contributed by atoms with E-state index in [2.05, 4.69) is 5.32 Å². The summed E-state index contributed by atoms with van der Waals surface area (Å²) in [5.41, 5.74) is 0.441. The molecule has 9 heteroatoms. The predicted molar refractivity (Wildman–Crippen MR) is 104 cm³/mol. The van der Waals surface area contributed by atoms with Crippen LogP contribution in [0.15, 0.2) is 41.3 Å². The molecular formula is C20H22F2N2O4S. The zero-order valence-electron chi connectivity index (χ0n) is 16.0. The van der Waals surface area contributed by atoms with Crippen molar-refractivity contribution in [3.05, 3.63) is 53.6 Å².